The number of alkyl halides is 2. The number of hydrogen-bond acceptors (Lipinski definition) is 0. The van der Waals surface area contributed by atoms with Crippen molar-refractivity contribution in [1.29, 1.82) is 0 Å². The largest absolute Gasteiger partial charge is 0.248 e. The van der Waals surface area contributed by atoms with Crippen molar-refractivity contribution in [2.75, 3.05) is 0 Å². The third-order valence-electron chi connectivity index (χ3n) is 2.82. The lowest BCUT2D eigenvalue weighted by molar-refractivity contribution is 0.0403. The molecule has 0 spiro atoms. The molecule has 0 atom stereocenters. The molecule has 2 aromatic carbocycles. The van der Waals surface area contributed by atoms with Crippen molar-refractivity contribution in [3.05, 3.63) is 55.0 Å². The fraction of sp³-hybridized carbons (Fsp3) is 0.267. The molecular formula is C15H15F2. The van der Waals surface area contributed by atoms with Gasteiger partial charge in [0.2, 0.25) is 5.92 Å². The van der Waals surface area contributed by atoms with Crippen LogP contribution in [0.1, 0.15) is 18.4 Å². The summed E-state index contributed by atoms with van der Waals surface area (Å²) in [7, 11) is 0. The third-order valence-corrected chi connectivity index (χ3v) is 2.82. The molecule has 17 heavy (non-hydrogen) atoms. The van der Waals surface area contributed by atoms with Gasteiger partial charge in [0.1, 0.15) is 0 Å². The Labute approximate surface area is 100 Å². The predicted octanol–water partition coefficient (Wildman–Crippen LogP) is 4.63. The first-order valence-electron chi connectivity index (χ1n) is 5.75. The highest BCUT2D eigenvalue weighted by atomic mass is 19.3. The summed E-state index contributed by atoms with van der Waals surface area (Å²) in [6.07, 6.45) is 0.991. The summed E-state index contributed by atoms with van der Waals surface area (Å²) in [6, 6.07) is 14.2. The SMILES string of the molecule is [CH2]C(F)(F)CCCc1ccc2ccccc2c1. The first-order valence-corrected chi connectivity index (χ1v) is 5.75. The summed E-state index contributed by atoms with van der Waals surface area (Å²) < 4.78 is 25.1. The van der Waals surface area contributed by atoms with E-state index in [2.05, 4.69) is 13.0 Å². The molecule has 0 bridgehead atoms. The lowest BCUT2D eigenvalue weighted by Gasteiger charge is -2.09. The third kappa shape index (κ3) is 3.52. The van der Waals surface area contributed by atoms with Crippen LogP contribution < -0.4 is 0 Å². The van der Waals surface area contributed by atoms with Crippen LogP contribution >= 0.6 is 0 Å². The summed E-state index contributed by atoms with van der Waals surface area (Å²) >= 11 is 0. The Morgan fingerprint density at radius 2 is 1.71 bits per heavy atom. The summed E-state index contributed by atoms with van der Waals surface area (Å²) in [6.45, 7) is 2.82. The molecule has 0 heterocycles. The van der Waals surface area contributed by atoms with Gasteiger partial charge in [-0.05, 0) is 29.2 Å². The van der Waals surface area contributed by atoms with E-state index in [0.717, 1.165) is 10.9 Å². The van der Waals surface area contributed by atoms with Gasteiger partial charge in [0.25, 0.3) is 0 Å². The zero-order valence-electron chi connectivity index (χ0n) is 9.63. The van der Waals surface area contributed by atoms with Crippen LogP contribution in [0.3, 0.4) is 0 Å². The van der Waals surface area contributed by atoms with Gasteiger partial charge in [0.05, 0.1) is 0 Å². The Balaban J connectivity index is 2.04. The van der Waals surface area contributed by atoms with E-state index < -0.39 is 5.92 Å². The lowest BCUT2D eigenvalue weighted by Crippen LogP contribution is -2.09. The van der Waals surface area contributed by atoms with Crippen LogP contribution in [-0.2, 0) is 6.42 Å². The molecule has 0 aliphatic heterocycles. The normalized spacial score (nSPS) is 11.9. The number of benzene rings is 2. The summed E-state index contributed by atoms with van der Waals surface area (Å²) in [5.74, 6) is -2.79. The second-order valence-electron chi connectivity index (χ2n) is 4.39. The van der Waals surface area contributed by atoms with E-state index in [1.165, 1.54) is 5.39 Å². The highest BCUT2D eigenvalue weighted by Crippen LogP contribution is 2.21. The van der Waals surface area contributed by atoms with Gasteiger partial charge in [-0.1, -0.05) is 42.5 Å². The van der Waals surface area contributed by atoms with Gasteiger partial charge in [-0.25, -0.2) is 8.78 Å². The molecule has 0 saturated heterocycles. The molecule has 0 saturated carbocycles. The molecule has 2 aromatic rings. The summed E-state index contributed by atoms with van der Waals surface area (Å²) in [5.41, 5.74) is 1.10. The lowest BCUT2D eigenvalue weighted by atomic mass is 10.0. The molecule has 1 radical (unpaired) electrons. The average molecular weight is 233 g/mol. The van der Waals surface area contributed by atoms with Gasteiger partial charge in [0.15, 0.2) is 0 Å². The first-order chi connectivity index (χ1) is 8.04. The number of rotatable bonds is 4. The van der Waals surface area contributed by atoms with Crippen LogP contribution in [0.25, 0.3) is 10.8 Å². The molecule has 2 rings (SSSR count). The van der Waals surface area contributed by atoms with Crippen LogP contribution in [0.2, 0.25) is 0 Å². The fourth-order valence-electron chi connectivity index (χ4n) is 1.95. The van der Waals surface area contributed by atoms with Crippen LogP contribution in [0.4, 0.5) is 8.78 Å². The van der Waals surface area contributed by atoms with Gasteiger partial charge < -0.3 is 0 Å². The van der Waals surface area contributed by atoms with Crippen molar-refractivity contribution in [3.8, 4) is 0 Å². The Morgan fingerprint density at radius 1 is 1.00 bits per heavy atom. The minimum absolute atomic E-state index is 0.153. The topological polar surface area (TPSA) is 0 Å². The zero-order chi connectivity index (χ0) is 12.3. The number of halogens is 2. The molecule has 0 nitrogen and oxygen atoms in total. The maximum atomic E-state index is 12.6. The first kappa shape index (κ1) is 12.0. The molecule has 0 fully saturated rings. The van der Waals surface area contributed by atoms with E-state index in [0.29, 0.717) is 12.8 Å². The van der Waals surface area contributed by atoms with Crippen LogP contribution in [0, 0.1) is 6.92 Å². The van der Waals surface area contributed by atoms with E-state index in [4.69, 9.17) is 0 Å². The maximum absolute atomic E-state index is 12.6. The van der Waals surface area contributed by atoms with E-state index in [1.807, 2.05) is 36.4 Å². The highest BCUT2D eigenvalue weighted by molar-refractivity contribution is 5.82. The highest BCUT2D eigenvalue weighted by Gasteiger charge is 2.19. The fourth-order valence-corrected chi connectivity index (χ4v) is 1.95. The predicted molar refractivity (Wildman–Crippen MR) is 67.2 cm³/mol. The molecule has 0 unspecified atom stereocenters. The standard InChI is InChI=1S/C15H15F2/c1-15(16,17)10-4-5-12-8-9-13-6-2-3-7-14(13)11-12/h2-3,6-9,11H,1,4-5,10H2. The van der Waals surface area contributed by atoms with Crippen molar-refractivity contribution < 1.29 is 8.78 Å². The Kier molecular flexibility index (Phi) is 3.41. The summed E-state index contributed by atoms with van der Waals surface area (Å²) in [5, 5.41) is 2.34. The van der Waals surface area contributed by atoms with Gasteiger partial charge in [-0.2, -0.15) is 0 Å². The van der Waals surface area contributed by atoms with E-state index in [1.54, 1.807) is 0 Å². The van der Waals surface area contributed by atoms with Crippen LogP contribution in [0.15, 0.2) is 42.5 Å². The zero-order valence-corrected chi connectivity index (χ0v) is 9.63. The number of hydrogen-bond donors (Lipinski definition) is 0. The Bertz CT molecular complexity index is 497. The van der Waals surface area contributed by atoms with Crippen molar-refractivity contribution in [2.24, 2.45) is 0 Å². The van der Waals surface area contributed by atoms with Gasteiger partial charge >= 0.3 is 0 Å². The van der Waals surface area contributed by atoms with Crippen LogP contribution in [-0.4, -0.2) is 5.92 Å². The summed E-state index contributed by atoms with van der Waals surface area (Å²) in [4.78, 5) is 0. The molecule has 0 aliphatic rings. The Hall–Kier alpha value is -1.44. The molecule has 0 aliphatic carbocycles. The van der Waals surface area contributed by atoms with Crippen molar-refractivity contribution in [1.82, 2.24) is 0 Å². The van der Waals surface area contributed by atoms with E-state index in [-0.39, 0.29) is 6.42 Å². The molecule has 2 heteroatoms. The second-order valence-corrected chi connectivity index (χ2v) is 4.39. The van der Waals surface area contributed by atoms with E-state index in [9.17, 15) is 8.78 Å². The average Bonchev–Trinajstić information content (AvgIpc) is 2.27. The maximum Gasteiger partial charge on any atom is 0.248 e. The van der Waals surface area contributed by atoms with Crippen molar-refractivity contribution >= 4 is 10.8 Å². The second kappa shape index (κ2) is 4.82. The quantitative estimate of drug-likeness (QED) is 0.722. The minimum atomic E-state index is -2.79. The smallest absolute Gasteiger partial charge is 0.207 e. The minimum Gasteiger partial charge on any atom is -0.207 e. The van der Waals surface area contributed by atoms with Crippen molar-refractivity contribution in [2.45, 2.75) is 25.2 Å². The van der Waals surface area contributed by atoms with Gasteiger partial charge in [-0.3, -0.25) is 0 Å². The molecule has 0 N–H and O–H groups in total. The molecule has 0 aromatic heterocycles. The molecular weight excluding hydrogens is 218 g/mol. The molecule has 89 valence electrons. The van der Waals surface area contributed by atoms with Gasteiger partial charge in [-0.15, -0.1) is 0 Å². The number of fused-ring (bicyclic) bond motifs is 1. The van der Waals surface area contributed by atoms with Crippen molar-refractivity contribution in [3.63, 3.8) is 0 Å². The molecule has 0 amide bonds. The Morgan fingerprint density at radius 3 is 2.41 bits per heavy atom. The van der Waals surface area contributed by atoms with Gasteiger partial charge in [0, 0.05) is 13.3 Å². The van der Waals surface area contributed by atoms with E-state index >= 15 is 0 Å². The van der Waals surface area contributed by atoms with Crippen LogP contribution in [0.5, 0.6) is 0 Å². The number of aryl methyl sites for hydroxylation is 1. The monoisotopic (exact) mass is 233 g/mol.